The zero-order valence-electron chi connectivity index (χ0n) is 17.4. The maximum atomic E-state index is 14.0. The lowest BCUT2D eigenvalue weighted by Gasteiger charge is -2.28. The summed E-state index contributed by atoms with van der Waals surface area (Å²) in [6.07, 6.45) is 3.82. The van der Waals surface area contributed by atoms with Crippen LogP contribution in [0.15, 0.2) is 54.9 Å². The van der Waals surface area contributed by atoms with Gasteiger partial charge in [-0.25, -0.2) is 9.18 Å². The molecule has 0 saturated heterocycles. The van der Waals surface area contributed by atoms with Gasteiger partial charge in [0.2, 0.25) is 0 Å². The van der Waals surface area contributed by atoms with E-state index in [-0.39, 0.29) is 17.3 Å². The molecule has 0 unspecified atom stereocenters. The van der Waals surface area contributed by atoms with Gasteiger partial charge in [-0.05, 0) is 48.7 Å². The van der Waals surface area contributed by atoms with Crippen LogP contribution < -0.4 is 15.0 Å². The summed E-state index contributed by atoms with van der Waals surface area (Å²) >= 11 is 0. The number of fused-ring (bicyclic) bond motifs is 1. The molecule has 1 aliphatic rings. The molecular formula is C24H24FN3O3. The number of ether oxygens (including phenoxy) is 1. The van der Waals surface area contributed by atoms with E-state index >= 15 is 0 Å². The maximum absolute atomic E-state index is 14.0. The van der Waals surface area contributed by atoms with Crippen molar-refractivity contribution in [2.45, 2.75) is 19.3 Å². The Balaban J connectivity index is 1.53. The van der Waals surface area contributed by atoms with Crippen LogP contribution in [0.5, 0.6) is 5.75 Å². The Morgan fingerprint density at radius 1 is 1.26 bits per heavy atom. The van der Waals surface area contributed by atoms with Gasteiger partial charge < -0.3 is 20.1 Å². The van der Waals surface area contributed by atoms with Crippen molar-refractivity contribution >= 4 is 23.0 Å². The standard InChI is InChI=1S/C24H24FN3O3/c1-15-3-4-17(11-21(15)25)28(2)18-5-6-19-16(8-10-31-23(19)12-18)13-27-22-14-26-9-7-20(22)24(29)30/h3-7,9,11-12,14,16,27H,8,10,13H2,1-2H3,(H,29,30)/t16-/m0/s1. The molecule has 0 aliphatic carbocycles. The Kier molecular flexibility index (Phi) is 5.75. The second kappa shape index (κ2) is 8.63. The molecule has 160 valence electrons. The van der Waals surface area contributed by atoms with Gasteiger partial charge in [-0.3, -0.25) is 4.98 Å². The van der Waals surface area contributed by atoms with E-state index in [0.29, 0.717) is 24.4 Å². The van der Waals surface area contributed by atoms with Gasteiger partial charge in [0.25, 0.3) is 0 Å². The van der Waals surface area contributed by atoms with Crippen molar-refractivity contribution in [2.24, 2.45) is 0 Å². The molecule has 1 aliphatic heterocycles. The number of hydrogen-bond donors (Lipinski definition) is 2. The van der Waals surface area contributed by atoms with Crippen LogP contribution in [0, 0.1) is 12.7 Å². The number of carbonyl (C=O) groups is 1. The highest BCUT2D eigenvalue weighted by Gasteiger charge is 2.23. The minimum absolute atomic E-state index is 0.168. The van der Waals surface area contributed by atoms with Gasteiger partial charge in [-0.2, -0.15) is 0 Å². The van der Waals surface area contributed by atoms with E-state index in [9.17, 15) is 14.3 Å². The number of benzene rings is 2. The van der Waals surface area contributed by atoms with E-state index in [4.69, 9.17) is 4.74 Å². The zero-order chi connectivity index (χ0) is 22.0. The Bertz CT molecular complexity index is 1120. The molecule has 0 amide bonds. The number of halogens is 1. The normalized spacial score (nSPS) is 15.0. The molecule has 7 heteroatoms. The van der Waals surface area contributed by atoms with Crippen LogP contribution in [-0.2, 0) is 0 Å². The lowest BCUT2D eigenvalue weighted by Crippen LogP contribution is -2.22. The van der Waals surface area contributed by atoms with E-state index in [2.05, 4.69) is 10.3 Å². The molecule has 0 spiro atoms. The molecule has 2 aromatic carbocycles. The smallest absolute Gasteiger partial charge is 0.337 e. The van der Waals surface area contributed by atoms with Crippen molar-refractivity contribution in [3.05, 3.63) is 77.4 Å². The van der Waals surface area contributed by atoms with E-state index in [1.165, 1.54) is 24.5 Å². The maximum Gasteiger partial charge on any atom is 0.337 e. The fourth-order valence-electron chi connectivity index (χ4n) is 3.77. The predicted octanol–water partition coefficient (Wildman–Crippen LogP) is 4.97. The second-order valence-electron chi connectivity index (χ2n) is 7.66. The van der Waals surface area contributed by atoms with Crippen LogP contribution in [0.1, 0.15) is 33.8 Å². The fraction of sp³-hybridized carbons (Fsp3) is 0.250. The van der Waals surface area contributed by atoms with Crippen LogP contribution in [0.25, 0.3) is 0 Å². The molecule has 0 saturated carbocycles. The Hall–Kier alpha value is -3.61. The molecule has 2 N–H and O–H groups in total. The van der Waals surface area contributed by atoms with Gasteiger partial charge in [-0.15, -0.1) is 0 Å². The monoisotopic (exact) mass is 421 g/mol. The van der Waals surface area contributed by atoms with Gasteiger partial charge in [0, 0.05) is 43.1 Å². The highest BCUT2D eigenvalue weighted by atomic mass is 19.1. The van der Waals surface area contributed by atoms with Gasteiger partial charge in [0.1, 0.15) is 11.6 Å². The number of pyridine rings is 1. The number of hydrogen-bond acceptors (Lipinski definition) is 5. The molecule has 2 heterocycles. The first-order valence-corrected chi connectivity index (χ1v) is 10.1. The largest absolute Gasteiger partial charge is 0.493 e. The molecule has 0 fully saturated rings. The van der Waals surface area contributed by atoms with Crippen LogP contribution in [0.3, 0.4) is 0 Å². The molecule has 1 atom stereocenters. The molecule has 3 aromatic rings. The minimum Gasteiger partial charge on any atom is -0.493 e. The van der Waals surface area contributed by atoms with Gasteiger partial charge >= 0.3 is 5.97 Å². The van der Waals surface area contributed by atoms with Crippen LogP contribution in [-0.4, -0.2) is 36.3 Å². The summed E-state index contributed by atoms with van der Waals surface area (Å²) in [4.78, 5) is 17.4. The van der Waals surface area contributed by atoms with Crippen LogP contribution in [0.4, 0.5) is 21.5 Å². The number of carboxylic acid groups (broad SMARTS) is 1. The summed E-state index contributed by atoms with van der Waals surface area (Å²) in [5, 5.41) is 12.6. The molecule has 4 rings (SSSR count). The molecule has 1 aromatic heterocycles. The number of nitrogens with one attached hydrogen (secondary N) is 1. The molecule has 6 nitrogen and oxygen atoms in total. The summed E-state index contributed by atoms with van der Waals surface area (Å²) in [5.41, 5.74) is 4.03. The third-order valence-electron chi connectivity index (χ3n) is 5.68. The fourth-order valence-corrected chi connectivity index (χ4v) is 3.77. The Morgan fingerprint density at radius 3 is 2.81 bits per heavy atom. The molecule has 31 heavy (non-hydrogen) atoms. The summed E-state index contributed by atoms with van der Waals surface area (Å²) < 4.78 is 19.9. The number of aromatic nitrogens is 1. The van der Waals surface area contributed by atoms with Crippen molar-refractivity contribution in [1.29, 1.82) is 0 Å². The lowest BCUT2D eigenvalue weighted by atomic mass is 9.92. The van der Waals surface area contributed by atoms with Gasteiger partial charge in [0.15, 0.2) is 0 Å². The van der Waals surface area contributed by atoms with Crippen molar-refractivity contribution in [3.63, 3.8) is 0 Å². The highest BCUT2D eigenvalue weighted by molar-refractivity contribution is 5.93. The van der Waals surface area contributed by atoms with Crippen molar-refractivity contribution in [1.82, 2.24) is 4.98 Å². The van der Waals surface area contributed by atoms with Crippen molar-refractivity contribution < 1.29 is 19.0 Å². The van der Waals surface area contributed by atoms with Gasteiger partial charge in [-0.1, -0.05) is 12.1 Å². The first-order chi connectivity index (χ1) is 14.9. The summed E-state index contributed by atoms with van der Waals surface area (Å²) in [6.45, 7) is 2.89. The van der Waals surface area contributed by atoms with Crippen molar-refractivity contribution in [3.8, 4) is 5.75 Å². The van der Waals surface area contributed by atoms with E-state index in [0.717, 1.165) is 29.1 Å². The third-order valence-corrected chi connectivity index (χ3v) is 5.68. The minimum atomic E-state index is -0.988. The van der Waals surface area contributed by atoms with E-state index in [1.54, 1.807) is 13.0 Å². The number of aryl methyl sites for hydroxylation is 1. The number of nitrogens with zero attached hydrogens (tertiary/aromatic N) is 2. The average molecular weight is 421 g/mol. The lowest BCUT2D eigenvalue weighted by molar-refractivity contribution is 0.0697. The summed E-state index contributed by atoms with van der Waals surface area (Å²) in [7, 11) is 1.89. The summed E-state index contributed by atoms with van der Waals surface area (Å²) in [5.74, 6) is -0.264. The second-order valence-corrected chi connectivity index (χ2v) is 7.66. The number of rotatable bonds is 6. The Morgan fingerprint density at radius 2 is 2.03 bits per heavy atom. The van der Waals surface area contributed by atoms with E-state index in [1.807, 2.05) is 36.2 Å². The third kappa shape index (κ3) is 4.30. The zero-order valence-corrected chi connectivity index (χ0v) is 17.4. The number of carboxylic acids is 1. The topological polar surface area (TPSA) is 74.7 Å². The summed E-state index contributed by atoms with van der Waals surface area (Å²) in [6, 6.07) is 12.6. The van der Waals surface area contributed by atoms with E-state index < -0.39 is 5.97 Å². The molecule has 0 radical (unpaired) electrons. The SMILES string of the molecule is Cc1ccc(N(C)c2ccc3c(c2)OCC[C@H]3CNc2cnccc2C(=O)O)cc1F. The van der Waals surface area contributed by atoms with Crippen molar-refractivity contribution in [2.75, 3.05) is 30.4 Å². The first-order valence-electron chi connectivity index (χ1n) is 10.1. The number of anilines is 3. The quantitative estimate of drug-likeness (QED) is 0.585. The van der Waals surface area contributed by atoms with Crippen LogP contribution in [0.2, 0.25) is 0 Å². The highest BCUT2D eigenvalue weighted by Crippen LogP contribution is 2.38. The average Bonchev–Trinajstić information content (AvgIpc) is 2.78. The number of aromatic carboxylic acids is 1. The Labute approximate surface area is 180 Å². The van der Waals surface area contributed by atoms with Crippen LogP contribution >= 0.6 is 0 Å². The van der Waals surface area contributed by atoms with Gasteiger partial charge in [0.05, 0.1) is 24.1 Å². The first kappa shape index (κ1) is 20.7. The predicted molar refractivity (Wildman–Crippen MR) is 118 cm³/mol. The molecule has 0 bridgehead atoms. The molecular weight excluding hydrogens is 397 g/mol.